The Bertz CT molecular complexity index is 1020. The Balaban J connectivity index is 2.14. The lowest BCUT2D eigenvalue weighted by molar-refractivity contribution is -0.121. The van der Waals surface area contributed by atoms with Gasteiger partial charge < -0.3 is 19.5 Å². The Labute approximate surface area is 184 Å². The molecule has 9 heteroatoms. The predicted octanol–water partition coefficient (Wildman–Crippen LogP) is 2.77. The van der Waals surface area contributed by atoms with Crippen molar-refractivity contribution in [1.29, 1.82) is 0 Å². The van der Waals surface area contributed by atoms with Crippen molar-refractivity contribution in [2.24, 2.45) is 0 Å². The smallest absolute Gasteiger partial charge is 0.242 e. The molecule has 0 saturated carbocycles. The van der Waals surface area contributed by atoms with Gasteiger partial charge in [-0.25, -0.2) is 12.7 Å². The first-order valence-electron chi connectivity index (χ1n) is 9.74. The van der Waals surface area contributed by atoms with Crippen LogP contribution in [0.5, 0.6) is 17.2 Å². The van der Waals surface area contributed by atoms with Crippen molar-refractivity contribution in [1.82, 2.24) is 9.62 Å². The van der Waals surface area contributed by atoms with Gasteiger partial charge in [0.2, 0.25) is 15.9 Å². The molecule has 0 aliphatic carbocycles. The SMILES string of the molecule is COc1ccc(OC)c(C(C)NC(=O)CCc2cc(S(=O)(=O)N(C)C)ccc2OC)c1. The average molecular weight is 451 g/mol. The third-order valence-electron chi connectivity index (χ3n) is 4.93. The van der Waals surface area contributed by atoms with Gasteiger partial charge in [0.05, 0.1) is 32.3 Å². The molecule has 0 radical (unpaired) electrons. The summed E-state index contributed by atoms with van der Waals surface area (Å²) in [5.41, 5.74) is 1.44. The van der Waals surface area contributed by atoms with Crippen molar-refractivity contribution in [3.8, 4) is 17.2 Å². The van der Waals surface area contributed by atoms with E-state index < -0.39 is 10.0 Å². The van der Waals surface area contributed by atoms with Crippen LogP contribution in [0, 0.1) is 0 Å². The summed E-state index contributed by atoms with van der Waals surface area (Å²) in [6.07, 6.45) is 0.492. The summed E-state index contributed by atoms with van der Waals surface area (Å²) in [5, 5.41) is 2.95. The van der Waals surface area contributed by atoms with Crippen molar-refractivity contribution in [2.45, 2.75) is 30.7 Å². The van der Waals surface area contributed by atoms with Crippen LogP contribution in [0.4, 0.5) is 0 Å². The molecule has 0 saturated heterocycles. The Morgan fingerprint density at radius 1 is 1.00 bits per heavy atom. The molecule has 0 aliphatic heterocycles. The molecule has 0 aliphatic rings. The molecular formula is C22H30N2O6S. The number of methoxy groups -OCH3 is 3. The molecule has 31 heavy (non-hydrogen) atoms. The lowest BCUT2D eigenvalue weighted by atomic mass is 10.1. The Hall–Kier alpha value is -2.78. The van der Waals surface area contributed by atoms with E-state index >= 15 is 0 Å². The highest BCUT2D eigenvalue weighted by atomic mass is 32.2. The van der Waals surface area contributed by atoms with Crippen LogP contribution < -0.4 is 19.5 Å². The number of carbonyl (C=O) groups is 1. The number of amides is 1. The Kier molecular flexibility index (Phi) is 8.29. The number of carbonyl (C=O) groups excluding carboxylic acids is 1. The van der Waals surface area contributed by atoms with E-state index in [-0.39, 0.29) is 23.3 Å². The molecule has 1 amide bonds. The van der Waals surface area contributed by atoms with Gasteiger partial charge >= 0.3 is 0 Å². The minimum atomic E-state index is -3.58. The average Bonchev–Trinajstić information content (AvgIpc) is 2.76. The number of ether oxygens (including phenoxy) is 3. The van der Waals surface area contributed by atoms with Crippen LogP contribution in [0.25, 0.3) is 0 Å². The summed E-state index contributed by atoms with van der Waals surface area (Å²) in [6.45, 7) is 1.86. The van der Waals surface area contributed by atoms with Gasteiger partial charge in [0.25, 0.3) is 0 Å². The number of hydrogen-bond donors (Lipinski definition) is 1. The zero-order valence-electron chi connectivity index (χ0n) is 18.8. The summed E-state index contributed by atoms with van der Waals surface area (Å²) in [7, 11) is 4.02. The van der Waals surface area contributed by atoms with Gasteiger partial charge in [0, 0.05) is 26.1 Å². The second kappa shape index (κ2) is 10.5. The predicted molar refractivity (Wildman–Crippen MR) is 118 cm³/mol. The van der Waals surface area contributed by atoms with Crippen LogP contribution in [-0.4, -0.2) is 54.1 Å². The number of nitrogens with one attached hydrogen (secondary N) is 1. The maximum atomic E-state index is 12.6. The number of aryl methyl sites for hydroxylation is 1. The third kappa shape index (κ3) is 5.89. The highest BCUT2D eigenvalue weighted by molar-refractivity contribution is 7.89. The molecule has 2 aromatic rings. The van der Waals surface area contributed by atoms with Gasteiger partial charge in [-0.15, -0.1) is 0 Å². The quantitative estimate of drug-likeness (QED) is 0.598. The van der Waals surface area contributed by atoms with E-state index in [1.165, 1.54) is 27.3 Å². The van der Waals surface area contributed by atoms with Gasteiger partial charge in [-0.1, -0.05) is 0 Å². The second-order valence-electron chi connectivity index (χ2n) is 7.16. The first-order valence-corrected chi connectivity index (χ1v) is 11.2. The van der Waals surface area contributed by atoms with Crippen LogP contribution in [0.15, 0.2) is 41.3 Å². The van der Waals surface area contributed by atoms with E-state index in [0.29, 0.717) is 29.2 Å². The van der Waals surface area contributed by atoms with Crippen molar-refractivity contribution >= 4 is 15.9 Å². The van der Waals surface area contributed by atoms with Gasteiger partial charge in [0.1, 0.15) is 17.2 Å². The summed E-state index contributed by atoms with van der Waals surface area (Å²) < 4.78 is 42.0. The second-order valence-corrected chi connectivity index (χ2v) is 9.31. The first-order chi connectivity index (χ1) is 14.6. The molecule has 2 aromatic carbocycles. The number of benzene rings is 2. The summed E-state index contributed by atoms with van der Waals surface area (Å²) >= 11 is 0. The highest BCUT2D eigenvalue weighted by Crippen LogP contribution is 2.29. The van der Waals surface area contributed by atoms with Gasteiger partial charge in [-0.05, 0) is 55.3 Å². The molecule has 170 valence electrons. The monoisotopic (exact) mass is 450 g/mol. The van der Waals surface area contributed by atoms with E-state index in [2.05, 4.69) is 5.32 Å². The molecule has 0 fully saturated rings. The molecule has 1 unspecified atom stereocenters. The Morgan fingerprint density at radius 3 is 2.23 bits per heavy atom. The minimum absolute atomic E-state index is 0.156. The van der Waals surface area contributed by atoms with E-state index in [9.17, 15) is 13.2 Å². The van der Waals surface area contributed by atoms with Crippen molar-refractivity contribution in [3.63, 3.8) is 0 Å². The molecule has 1 atom stereocenters. The molecule has 0 bridgehead atoms. The normalized spacial score (nSPS) is 12.4. The number of nitrogens with zero attached hydrogens (tertiary/aromatic N) is 1. The van der Waals surface area contributed by atoms with Gasteiger partial charge in [-0.3, -0.25) is 4.79 Å². The third-order valence-corrected chi connectivity index (χ3v) is 6.74. The highest BCUT2D eigenvalue weighted by Gasteiger charge is 2.20. The summed E-state index contributed by atoms with van der Waals surface area (Å²) in [4.78, 5) is 12.7. The minimum Gasteiger partial charge on any atom is -0.497 e. The number of hydrogen-bond acceptors (Lipinski definition) is 6. The lowest BCUT2D eigenvalue weighted by Crippen LogP contribution is -2.27. The maximum absolute atomic E-state index is 12.6. The Morgan fingerprint density at radius 2 is 1.65 bits per heavy atom. The van der Waals surface area contributed by atoms with Crippen LogP contribution in [-0.2, 0) is 21.2 Å². The van der Waals surface area contributed by atoms with Crippen LogP contribution in [0.1, 0.15) is 30.5 Å². The number of rotatable bonds is 10. The lowest BCUT2D eigenvalue weighted by Gasteiger charge is -2.19. The maximum Gasteiger partial charge on any atom is 0.242 e. The molecule has 0 spiro atoms. The van der Waals surface area contributed by atoms with Crippen LogP contribution in [0.2, 0.25) is 0 Å². The summed E-state index contributed by atoms with van der Waals surface area (Å²) in [5.74, 6) is 1.67. The van der Waals surface area contributed by atoms with E-state index in [4.69, 9.17) is 14.2 Å². The zero-order chi connectivity index (χ0) is 23.2. The zero-order valence-corrected chi connectivity index (χ0v) is 19.6. The molecule has 0 heterocycles. The standard InChI is InChI=1S/C22H30N2O6S/c1-15(19-14-17(28-4)8-10-21(19)30-6)23-22(25)12-7-16-13-18(9-11-20(16)29-5)31(26,27)24(2)3/h8-11,13-15H,7,12H2,1-6H3,(H,23,25). The van der Waals surface area contributed by atoms with Crippen LogP contribution >= 0.6 is 0 Å². The number of sulfonamides is 1. The molecule has 8 nitrogen and oxygen atoms in total. The van der Waals surface area contributed by atoms with Crippen molar-refractivity contribution < 1.29 is 27.4 Å². The fourth-order valence-electron chi connectivity index (χ4n) is 3.14. The molecule has 2 rings (SSSR count). The van der Waals surface area contributed by atoms with Gasteiger partial charge in [0.15, 0.2) is 0 Å². The molecule has 0 aromatic heterocycles. The van der Waals surface area contributed by atoms with Crippen molar-refractivity contribution in [2.75, 3.05) is 35.4 Å². The topological polar surface area (TPSA) is 94.2 Å². The fraction of sp³-hybridized carbons (Fsp3) is 0.409. The summed E-state index contributed by atoms with van der Waals surface area (Å²) in [6, 6.07) is 9.75. The van der Waals surface area contributed by atoms with Crippen molar-refractivity contribution in [3.05, 3.63) is 47.5 Å². The van der Waals surface area contributed by atoms with E-state index in [1.807, 2.05) is 13.0 Å². The first kappa shape index (κ1) is 24.5. The molecule has 1 N–H and O–H groups in total. The van der Waals surface area contributed by atoms with E-state index in [0.717, 1.165) is 9.87 Å². The fourth-order valence-corrected chi connectivity index (χ4v) is 4.09. The molecular weight excluding hydrogens is 420 g/mol. The largest absolute Gasteiger partial charge is 0.497 e. The van der Waals surface area contributed by atoms with Gasteiger partial charge in [-0.2, -0.15) is 0 Å². The van der Waals surface area contributed by atoms with Crippen LogP contribution in [0.3, 0.4) is 0 Å². The van der Waals surface area contributed by atoms with E-state index in [1.54, 1.807) is 38.5 Å².